The molecule has 4 aromatic rings. The molecule has 1 unspecified atom stereocenters. The molecule has 5 rings (SSSR count). The smallest absolute Gasteiger partial charge is 0.262 e. The minimum absolute atomic E-state index is 0.223. The van der Waals surface area contributed by atoms with Gasteiger partial charge in [0.1, 0.15) is 17.7 Å². The third kappa shape index (κ3) is 4.60. The highest BCUT2D eigenvalue weighted by molar-refractivity contribution is 7.18. The van der Waals surface area contributed by atoms with Crippen molar-refractivity contribution in [2.45, 2.75) is 6.04 Å². The molecule has 6 nitrogen and oxygen atoms in total. The number of anilines is 1. The summed E-state index contributed by atoms with van der Waals surface area (Å²) in [6.07, 6.45) is 3.48. The molecule has 1 fully saturated rings. The van der Waals surface area contributed by atoms with E-state index in [0.29, 0.717) is 29.5 Å². The Kier molecular flexibility index (Phi) is 6.42. The highest BCUT2D eigenvalue weighted by Gasteiger charge is 2.26. The van der Waals surface area contributed by atoms with Crippen LogP contribution in [-0.2, 0) is 11.8 Å². The van der Waals surface area contributed by atoms with Crippen molar-refractivity contribution in [3.05, 3.63) is 95.1 Å². The highest BCUT2D eigenvalue weighted by Crippen LogP contribution is 2.39. The molecule has 174 valence electrons. The SMILES string of the molecule is Cn1ccnc1C(NC(=O)c1cc(-c2ccccc2)c(N2CCOCC2)s1)c1cccc(F)c1. The van der Waals surface area contributed by atoms with Gasteiger partial charge in [-0.05, 0) is 29.3 Å². The van der Waals surface area contributed by atoms with Gasteiger partial charge in [-0.15, -0.1) is 11.3 Å². The van der Waals surface area contributed by atoms with Gasteiger partial charge >= 0.3 is 0 Å². The number of carbonyl (C=O) groups excluding carboxylic acids is 1. The Balaban J connectivity index is 1.50. The molecule has 0 radical (unpaired) electrons. The molecule has 2 aromatic heterocycles. The fourth-order valence-corrected chi connectivity index (χ4v) is 5.29. The average molecular weight is 477 g/mol. The number of aromatic nitrogens is 2. The lowest BCUT2D eigenvalue weighted by Crippen LogP contribution is -2.35. The van der Waals surface area contributed by atoms with Gasteiger partial charge in [0.15, 0.2) is 0 Å². The average Bonchev–Trinajstić information content (AvgIpc) is 3.50. The maximum Gasteiger partial charge on any atom is 0.262 e. The first-order valence-corrected chi connectivity index (χ1v) is 12.0. The number of morpholine rings is 1. The van der Waals surface area contributed by atoms with Crippen LogP contribution >= 0.6 is 11.3 Å². The highest BCUT2D eigenvalue weighted by atomic mass is 32.1. The number of halogens is 1. The first kappa shape index (κ1) is 22.3. The van der Waals surface area contributed by atoms with Gasteiger partial charge in [0, 0.05) is 38.1 Å². The van der Waals surface area contributed by atoms with E-state index in [1.54, 1.807) is 18.3 Å². The van der Waals surface area contributed by atoms with Crippen LogP contribution in [-0.4, -0.2) is 41.8 Å². The van der Waals surface area contributed by atoms with E-state index in [9.17, 15) is 9.18 Å². The third-order valence-electron chi connectivity index (χ3n) is 5.89. The zero-order valence-electron chi connectivity index (χ0n) is 18.8. The first-order valence-electron chi connectivity index (χ1n) is 11.2. The van der Waals surface area contributed by atoms with E-state index < -0.39 is 6.04 Å². The predicted molar refractivity (Wildman–Crippen MR) is 132 cm³/mol. The molecule has 0 saturated carbocycles. The Morgan fingerprint density at radius 1 is 1.12 bits per heavy atom. The van der Waals surface area contributed by atoms with Crippen LogP contribution in [0.25, 0.3) is 11.1 Å². The fraction of sp³-hybridized carbons (Fsp3) is 0.231. The number of ether oxygens (including phenoxy) is 1. The molecule has 8 heteroatoms. The Morgan fingerprint density at radius 2 is 1.91 bits per heavy atom. The van der Waals surface area contributed by atoms with Crippen LogP contribution in [0.15, 0.2) is 73.1 Å². The van der Waals surface area contributed by atoms with Crippen LogP contribution in [0.1, 0.15) is 27.1 Å². The molecule has 0 aliphatic carbocycles. The lowest BCUT2D eigenvalue weighted by Gasteiger charge is -2.28. The van der Waals surface area contributed by atoms with Crippen LogP contribution < -0.4 is 10.2 Å². The van der Waals surface area contributed by atoms with E-state index >= 15 is 0 Å². The quantitative estimate of drug-likeness (QED) is 0.440. The monoisotopic (exact) mass is 476 g/mol. The molecule has 1 atom stereocenters. The number of hydrogen-bond acceptors (Lipinski definition) is 5. The van der Waals surface area contributed by atoms with Gasteiger partial charge in [-0.1, -0.05) is 42.5 Å². The van der Waals surface area contributed by atoms with E-state index in [2.05, 4.69) is 27.3 Å². The van der Waals surface area contributed by atoms with Gasteiger partial charge in [0.2, 0.25) is 0 Å². The Labute approximate surface area is 201 Å². The number of thiophene rings is 1. The maximum absolute atomic E-state index is 14.0. The number of hydrogen-bond donors (Lipinski definition) is 1. The lowest BCUT2D eigenvalue weighted by molar-refractivity contribution is 0.0945. The van der Waals surface area contributed by atoms with Crippen molar-refractivity contribution >= 4 is 22.2 Å². The lowest BCUT2D eigenvalue weighted by atomic mass is 10.1. The van der Waals surface area contributed by atoms with Crippen molar-refractivity contribution < 1.29 is 13.9 Å². The summed E-state index contributed by atoms with van der Waals surface area (Å²) in [4.78, 5) is 20.8. The molecule has 34 heavy (non-hydrogen) atoms. The zero-order valence-corrected chi connectivity index (χ0v) is 19.6. The van der Waals surface area contributed by atoms with Crippen molar-refractivity contribution in [1.29, 1.82) is 0 Å². The van der Waals surface area contributed by atoms with E-state index in [-0.39, 0.29) is 11.7 Å². The minimum atomic E-state index is -0.586. The van der Waals surface area contributed by atoms with Crippen molar-refractivity contribution in [3.8, 4) is 11.1 Å². The molecule has 1 N–H and O–H groups in total. The van der Waals surface area contributed by atoms with Crippen LogP contribution in [0.3, 0.4) is 0 Å². The van der Waals surface area contributed by atoms with Crippen LogP contribution in [0.4, 0.5) is 9.39 Å². The summed E-state index contributed by atoms with van der Waals surface area (Å²) in [6.45, 7) is 2.88. The molecule has 3 heterocycles. The second kappa shape index (κ2) is 9.79. The van der Waals surface area contributed by atoms with Crippen molar-refractivity contribution in [2.24, 2.45) is 7.05 Å². The molecule has 0 spiro atoms. The van der Waals surface area contributed by atoms with Gasteiger partial charge in [0.25, 0.3) is 5.91 Å². The van der Waals surface area contributed by atoms with Crippen LogP contribution in [0.2, 0.25) is 0 Å². The van der Waals surface area contributed by atoms with Crippen LogP contribution in [0, 0.1) is 5.82 Å². The molecule has 0 bridgehead atoms. The number of amides is 1. The normalized spacial score (nSPS) is 14.7. The van der Waals surface area contributed by atoms with E-state index in [1.165, 1.54) is 23.5 Å². The second-order valence-electron chi connectivity index (χ2n) is 8.15. The largest absolute Gasteiger partial charge is 0.378 e. The van der Waals surface area contributed by atoms with Gasteiger partial charge in [-0.2, -0.15) is 0 Å². The van der Waals surface area contributed by atoms with E-state index in [4.69, 9.17) is 4.74 Å². The fourth-order valence-electron chi connectivity index (χ4n) is 4.16. The molecular weight excluding hydrogens is 451 g/mol. The maximum atomic E-state index is 14.0. The van der Waals surface area contributed by atoms with Gasteiger partial charge in [-0.3, -0.25) is 4.79 Å². The number of aryl methyl sites for hydroxylation is 1. The van der Waals surface area contributed by atoms with Gasteiger partial charge in [-0.25, -0.2) is 9.37 Å². The number of imidazole rings is 1. The van der Waals surface area contributed by atoms with Gasteiger partial charge in [0.05, 0.1) is 23.1 Å². The zero-order chi connectivity index (χ0) is 23.5. The van der Waals surface area contributed by atoms with Crippen molar-refractivity contribution in [1.82, 2.24) is 14.9 Å². The molecular formula is C26H25FN4O2S. The van der Waals surface area contributed by atoms with Crippen molar-refractivity contribution in [3.63, 3.8) is 0 Å². The summed E-state index contributed by atoms with van der Waals surface area (Å²) in [5.41, 5.74) is 2.72. The Morgan fingerprint density at radius 3 is 2.62 bits per heavy atom. The van der Waals surface area contributed by atoms with Crippen molar-refractivity contribution in [2.75, 3.05) is 31.2 Å². The number of rotatable bonds is 6. The Hall–Kier alpha value is -3.49. The van der Waals surface area contributed by atoms with Crippen LogP contribution in [0.5, 0.6) is 0 Å². The third-order valence-corrected chi connectivity index (χ3v) is 7.09. The summed E-state index contributed by atoms with van der Waals surface area (Å²) in [5.74, 6) is 0.0502. The predicted octanol–water partition coefficient (Wildman–Crippen LogP) is 4.64. The number of nitrogens with zero attached hydrogens (tertiary/aromatic N) is 3. The Bertz CT molecular complexity index is 1280. The van der Waals surface area contributed by atoms with E-state index in [0.717, 1.165) is 29.2 Å². The number of nitrogens with one attached hydrogen (secondary N) is 1. The summed E-state index contributed by atoms with van der Waals surface area (Å²) in [5, 5.41) is 4.15. The molecule has 2 aromatic carbocycles. The molecule has 1 aliphatic rings. The number of benzene rings is 2. The summed E-state index contributed by atoms with van der Waals surface area (Å²) in [6, 6.07) is 17.7. The minimum Gasteiger partial charge on any atom is -0.378 e. The topological polar surface area (TPSA) is 59.4 Å². The van der Waals surface area contributed by atoms with Gasteiger partial charge < -0.3 is 19.5 Å². The summed E-state index contributed by atoms with van der Waals surface area (Å²) in [7, 11) is 1.86. The molecule has 1 saturated heterocycles. The molecule has 1 aliphatic heterocycles. The first-order chi connectivity index (χ1) is 16.6. The number of carbonyl (C=O) groups is 1. The summed E-state index contributed by atoms with van der Waals surface area (Å²) < 4.78 is 21.4. The molecule has 1 amide bonds. The summed E-state index contributed by atoms with van der Waals surface area (Å²) >= 11 is 1.47. The standard InChI is InChI=1S/C26H25FN4O2S/c1-30-11-10-28-24(30)23(19-8-5-9-20(27)16-19)29-25(32)22-17-21(18-6-3-2-4-7-18)26(34-22)31-12-14-33-15-13-31/h2-11,16-17,23H,12-15H2,1H3,(H,29,32). The van der Waals surface area contributed by atoms with E-state index in [1.807, 2.05) is 42.1 Å². The second-order valence-corrected chi connectivity index (χ2v) is 9.18.